The van der Waals surface area contributed by atoms with Crippen LogP contribution in [0.2, 0.25) is 0 Å². The molecule has 0 aromatic heterocycles. The van der Waals surface area contributed by atoms with Crippen molar-refractivity contribution in [3.8, 4) is 0 Å². The molecule has 15 heavy (non-hydrogen) atoms. The molecule has 4 bridgehead atoms. The number of fused-ring (bicyclic) bond motifs is 1. The van der Waals surface area contributed by atoms with E-state index >= 15 is 0 Å². The fraction of sp³-hybridized carbons (Fsp3) is 0.643. The Hall–Kier alpha value is -0.850. The first-order valence-electron chi connectivity index (χ1n) is 5.99. The molecule has 0 saturated heterocycles. The molecule has 4 saturated carbocycles. The van der Waals surface area contributed by atoms with Crippen molar-refractivity contribution < 1.29 is 4.79 Å². The van der Waals surface area contributed by atoms with Crippen LogP contribution in [0.1, 0.15) is 32.1 Å². The normalized spacial score (nSPS) is 51.9. The monoisotopic (exact) mass is 202 g/mol. The minimum atomic E-state index is -0.233. The molecule has 0 aliphatic heterocycles. The zero-order chi connectivity index (χ0) is 10.7. The molecule has 0 amide bonds. The van der Waals surface area contributed by atoms with E-state index < -0.39 is 0 Å². The van der Waals surface area contributed by atoms with E-state index in [0.717, 1.165) is 12.8 Å². The second-order valence-electron chi connectivity index (χ2n) is 5.60. The van der Waals surface area contributed by atoms with Crippen LogP contribution in [0.25, 0.3) is 0 Å². The average molecular weight is 202 g/mol. The predicted octanol–water partition coefficient (Wildman–Crippen LogP) is 3.12. The molecule has 0 spiro atoms. The van der Waals surface area contributed by atoms with Crippen molar-refractivity contribution in [1.29, 1.82) is 0 Å². The summed E-state index contributed by atoms with van der Waals surface area (Å²) in [6, 6.07) is 0. The van der Waals surface area contributed by atoms with Gasteiger partial charge in [-0.15, -0.1) is 13.2 Å². The van der Waals surface area contributed by atoms with Crippen LogP contribution in [0.15, 0.2) is 25.3 Å². The Bertz CT molecular complexity index is 356. The summed E-state index contributed by atoms with van der Waals surface area (Å²) in [6.07, 6.45) is 9.58. The lowest BCUT2D eigenvalue weighted by molar-refractivity contribution is -0.145. The van der Waals surface area contributed by atoms with E-state index in [9.17, 15) is 4.79 Å². The van der Waals surface area contributed by atoms with E-state index in [1.807, 2.05) is 6.08 Å². The van der Waals surface area contributed by atoms with Crippen molar-refractivity contribution in [2.45, 2.75) is 32.1 Å². The van der Waals surface area contributed by atoms with Crippen LogP contribution in [0.3, 0.4) is 0 Å². The maximum absolute atomic E-state index is 12.3. The van der Waals surface area contributed by atoms with Gasteiger partial charge in [0.05, 0.1) is 5.41 Å². The molecule has 1 nitrogen and oxygen atoms in total. The number of hydrogen-bond donors (Lipinski definition) is 0. The molecule has 0 aromatic rings. The molecule has 1 heteroatoms. The second-order valence-corrected chi connectivity index (χ2v) is 5.60. The number of carbonyl (C=O) groups is 1. The highest BCUT2D eigenvalue weighted by molar-refractivity contribution is 5.91. The highest BCUT2D eigenvalue weighted by Crippen LogP contribution is 2.70. The first kappa shape index (κ1) is 9.38. The number of ketones is 1. The predicted molar refractivity (Wildman–Crippen MR) is 60.3 cm³/mol. The summed E-state index contributed by atoms with van der Waals surface area (Å²) in [5, 5.41) is 0. The molecule has 4 fully saturated rings. The molecule has 0 aromatic carbocycles. The second kappa shape index (κ2) is 2.63. The van der Waals surface area contributed by atoms with Gasteiger partial charge in [0.25, 0.3) is 0 Å². The Morgan fingerprint density at radius 2 is 2.13 bits per heavy atom. The van der Waals surface area contributed by atoms with Gasteiger partial charge in [-0.2, -0.15) is 0 Å². The number of hydrogen-bond acceptors (Lipinski definition) is 1. The van der Waals surface area contributed by atoms with Gasteiger partial charge in [-0.25, -0.2) is 0 Å². The van der Waals surface area contributed by atoms with Crippen molar-refractivity contribution in [3.05, 3.63) is 25.3 Å². The van der Waals surface area contributed by atoms with Crippen molar-refractivity contribution in [2.75, 3.05) is 0 Å². The van der Waals surface area contributed by atoms with E-state index in [-0.39, 0.29) is 10.8 Å². The molecule has 4 rings (SSSR count). The number of allylic oxidation sites excluding steroid dienone is 2. The zero-order valence-electron chi connectivity index (χ0n) is 9.17. The molecule has 4 atom stereocenters. The van der Waals surface area contributed by atoms with Crippen LogP contribution in [0, 0.1) is 22.7 Å². The standard InChI is InChI=1S/C14H18O/c1-3-13-6-5-11-7-10(9-13)8-12(15)14(11,13)4-2/h3-4,10-11H,1-2,5-9H2/t10-,11-,13-,14+/m0/s1. The lowest BCUT2D eigenvalue weighted by atomic mass is 9.47. The summed E-state index contributed by atoms with van der Waals surface area (Å²) in [4.78, 5) is 12.3. The van der Waals surface area contributed by atoms with Gasteiger partial charge in [0, 0.05) is 11.8 Å². The number of Topliss-reactive ketones (excluding diaryl/α,β-unsaturated/α-hetero) is 1. The molecule has 4 aliphatic rings. The third-order valence-electron chi connectivity index (χ3n) is 5.33. The van der Waals surface area contributed by atoms with Crippen molar-refractivity contribution in [1.82, 2.24) is 0 Å². The average Bonchev–Trinajstić information content (AvgIpc) is 2.46. The van der Waals surface area contributed by atoms with Crippen LogP contribution < -0.4 is 0 Å². The Labute approximate surface area is 91.2 Å². The summed E-state index contributed by atoms with van der Waals surface area (Å²) >= 11 is 0. The Morgan fingerprint density at radius 1 is 1.33 bits per heavy atom. The summed E-state index contributed by atoms with van der Waals surface area (Å²) in [6.45, 7) is 7.97. The summed E-state index contributed by atoms with van der Waals surface area (Å²) in [5.41, 5.74) is -0.166. The van der Waals surface area contributed by atoms with Gasteiger partial charge in [-0.05, 0) is 37.5 Å². The number of rotatable bonds is 2. The van der Waals surface area contributed by atoms with E-state index in [1.165, 1.54) is 19.3 Å². The fourth-order valence-corrected chi connectivity index (χ4v) is 4.78. The molecule has 0 unspecified atom stereocenters. The van der Waals surface area contributed by atoms with E-state index in [4.69, 9.17) is 0 Å². The van der Waals surface area contributed by atoms with Gasteiger partial charge >= 0.3 is 0 Å². The van der Waals surface area contributed by atoms with Crippen molar-refractivity contribution in [2.24, 2.45) is 22.7 Å². The molecular formula is C14H18O. The van der Waals surface area contributed by atoms with Crippen LogP contribution in [-0.2, 0) is 4.79 Å². The van der Waals surface area contributed by atoms with Crippen molar-refractivity contribution in [3.63, 3.8) is 0 Å². The van der Waals surface area contributed by atoms with E-state index in [2.05, 4.69) is 19.2 Å². The van der Waals surface area contributed by atoms with E-state index in [0.29, 0.717) is 17.6 Å². The van der Waals surface area contributed by atoms with Gasteiger partial charge in [-0.1, -0.05) is 12.2 Å². The topological polar surface area (TPSA) is 17.1 Å². The van der Waals surface area contributed by atoms with Crippen LogP contribution in [0.5, 0.6) is 0 Å². The number of carbonyl (C=O) groups excluding carboxylic acids is 1. The highest BCUT2D eigenvalue weighted by atomic mass is 16.1. The Kier molecular flexibility index (Phi) is 1.65. The SMILES string of the molecule is C=C[C@@]12CC[C@H]3C[C@@H](CC(=O)[C@@]31C=C)C2. The van der Waals surface area contributed by atoms with Gasteiger partial charge < -0.3 is 0 Å². The molecule has 4 aliphatic carbocycles. The maximum Gasteiger partial charge on any atom is 0.144 e. The summed E-state index contributed by atoms with van der Waals surface area (Å²) < 4.78 is 0. The maximum atomic E-state index is 12.3. The van der Waals surface area contributed by atoms with E-state index in [1.54, 1.807) is 0 Å². The molecule has 0 N–H and O–H groups in total. The van der Waals surface area contributed by atoms with Crippen LogP contribution >= 0.6 is 0 Å². The first-order chi connectivity index (χ1) is 7.18. The zero-order valence-corrected chi connectivity index (χ0v) is 9.17. The quantitative estimate of drug-likeness (QED) is 0.629. The van der Waals surface area contributed by atoms with Gasteiger partial charge in [-0.3, -0.25) is 4.79 Å². The van der Waals surface area contributed by atoms with Gasteiger partial charge in [0.1, 0.15) is 5.78 Å². The fourth-order valence-electron chi connectivity index (χ4n) is 4.78. The minimum absolute atomic E-state index is 0.0671. The third kappa shape index (κ3) is 0.802. The van der Waals surface area contributed by atoms with Crippen molar-refractivity contribution >= 4 is 5.78 Å². The first-order valence-corrected chi connectivity index (χ1v) is 5.99. The minimum Gasteiger partial charge on any atom is -0.299 e. The van der Waals surface area contributed by atoms with Gasteiger partial charge in [0.2, 0.25) is 0 Å². The van der Waals surface area contributed by atoms with Crippen LogP contribution in [-0.4, -0.2) is 5.78 Å². The highest BCUT2D eigenvalue weighted by Gasteiger charge is 2.67. The Morgan fingerprint density at radius 3 is 2.73 bits per heavy atom. The molecule has 0 heterocycles. The lowest BCUT2D eigenvalue weighted by Gasteiger charge is -2.55. The molecule has 80 valence electrons. The lowest BCUT2D eigenvalue weighted by Crippen LogP contribution is -2.55. The third-order valence-corrected chi connectivity index (χ3v) is 5.33. The summed E-state index contributed by atoms with van der Waals surface area (Å²) in [5.74, 6) is 1.64. The summed E-state index contributed by atoms with van der Waals surface area (Å²) in [7, 11) is 0. The molecular weight excluding hydrogens is 184 g/mol. The van der Waals surface area contributed by atoms with Crippen LogP contribution in [0.4, 0.5) is 0 Å². The largest absolute Gasteiger partial charge is 0.299 e. The van der Waals surface area contributed by atoms with Gasteiger partial charge in [0.15, 0.2) is 0 Å². The Balaban J connectivity index is 2.22. The molecule has 0 radical (unpaired) electrons. The smallest absolute Gasteiger partial charge is 0.144 e.